The zero-order valence-electron chi connectivity index (χ0n) is 27.0. The lowest BCUT2D eigenvalue weighted by Crippen LogP contribution is -2.06. The van der Waals surface area contributed by atoms with E-state index in [0.29, 0.717) is 0 Å². The third-order valence-corrected chi connectivity index (χ3v) is 3.34. The van der Waals surface area contributed by atoms with Crippen molar-refractivity contribution in [3.8, 4) is 47.0 Å². The van der Waals surface area contributed by atoms with Gasteiger partial charge in [-0.1, -0.05) is 6.07 Å². The molecular formula is C19H18N4O8. The van der Waals surface area contributed by atoms with Crippen LogP contribution in [-0.4, -0.2) is 59.2 Å². The van der Waals surface area contributed by atoms with Crippen molar-refractivity contribution >= 4 is 5.97 Å². The van der Waals surface area contributed by atoms with Crippen LogP contribution in [-0.2, 0) is 0 Å². The van der Waals surface area contributed by atoms with Gasteiger partial charge in [-0.25, -0.2) is 4.79 Å². The first-order valence-corrected chi connectivity index (χ1v) is 7.81. The molecule has 12 heteroatoms. The molecule has 3 aromatic rings. The van der Waals surface area contributed by atoms with Gasteiger partial charge in [0.1, 0.15) is 17.1 Å². The smallest absolute Gasteiger partial charge is 0.343 e. The van der Waals surface area contributed by atoms with Crippen molar-refractivity contribution in [2.45, 2.75) is 0 Å². The van der Waals surface area contributed by atoms with Crippen molar-refractivity contribution in [3.05, 3.63) is 35.9 Å². The largest absolute Gasteiger partial charge is 0.481 e. The average Bonchev–Trinajstić information content (AvgIpc) is 2.73. The zero-order chi connectivity index (χ0) is 32.4. The Morgan fingerprint density at radius 2 is 1.16 bits per heavy atom. The molecule has 162 valence electrons. The molecule has 0 aliphatic rings. The van der Waals surface area contributed by atoms with Gasteiger partial charge in [-0.2, -0.15) is 19.9 Å². The monoisotopic (exact) mass is 442 g/mol. The van der Waals surface area contributed by atoms with Crippen molar-refractivity contribution < 1.29 is 54.8 Å². The van der Waals surface area contributed by atoms with E-state index in [2.05, 4.69) is 38.9 Å². The van der Waals surface area contributed by atoms with Gasteiger partial charge in [-0.3, -0.25) is 0 Å². The number of hydrogen-bond acceptors (Lipinski definition) is 11. The molecule has 0 amide bonds. The number of carboxylic acid groups (broad SMARTS) is 1. The third kappa shape index (κ3) is 4.98. The van der Waals surface area contributed by atoms with E-state index in [1.807, 2.05) is 0 Å². The van der Waals surface area contributed by atoms with Crippen LogP contribution in [0.25, 0.3) is 0 Å². The van der Waals surface area contributed by atoms with Crippen LogP contribution in [0.2, 0.25) is 0 Å². The molecule has 1 N–H and O–H groups in total. The Labute approximate surface area is 193 Å². The van der Waals surface area contributed by atoms with E-state index >= 15 is 0 Å². The molecule has 0 aliphatic heterocycles. The number of hydrogen-bond donors (Lipinski definition) is 1. The summed E-state index contributed by atoms with van der Waals surface area (Å²) in [7, 11) is -12.2. The van der Waals surface area contributed by atoms with Crippen LogP contribution < -0.4 is 28.4 Å². The summed E-state index contributed by atoms with van der Waals surface area (Å²) in [5.41, 5.74) is -0.754. The van der Waals surface area contributed by atoms with Gasteiger partial charge in [0, 0.05) is 0 Å². The summed E-state index contributed by atoms with van der Waals surface area (Å²) in [6.45, 7) is 0. The zero-order valence-corrected chi connectivity index (χ0v) is 15.0. The molecule has 1 aromatic carbocycles. The summed E-state index contributed by atoms with van der Waals surface area (Å²) >= 11 is 0. The molecule has 0 saturated heterocycles. The second kappa shape index (κ2) is 9.43. The second-order valence-corrected chi connectivity index (χ2v) is 5.20. The second-order valence-electron chi connectivity index (χ2n) is 5.20. The fourth-order valence-corrected chi connectivity index (χ4v) is 2.16. The van der Waals surface area contributed by atoms with Crippen LogP contribution in [0.15, 0.2) is 30.3 Å². The molecule has 0 radical (unpaired) electrons. The molecular weight excluding hydrogens is 412 g/mol. The van der Waals surface area contributed by atoms with Gasteiger partial charge in [-0.15, -0.1) is 0 Å². The molecule has 2 heterocycles. The number of nitrogens with zero attached hydrogens (tertiary/aromatic N) is 4. The molecule has 0 atom stereocenters. The number of ether oxygens (including phenoxy) is 6. The van der Waals surface area contributed by atoms with E-state index in [-0.39, 0.29) is 0 Å². The van der Waals surface area contributed by atoms with E-state index in [1.165, 1.54) is 6.07 Å². The van der Waals surface area contributed by atoms with Crippen molar-refractivity contribution in [2.75, 3.05) is 28.2 Å². The van der Waals surface area contributed by atoms with Crippen LogP contribution in [0.4, 0.5) is 0 Å². The molecule has 0 fully saturated rings. The maximum Gasteiger partial charge on any atom is 0.343 e. The minimum atomic E-state index is -3.04. The lowest BCUT2D eigenvalue weighted by atomic mass is 10.2. The predicted molar refractivity (Wildman–Crippen MR) is 104 cm³/mol. The molecule has 0 unspecified atom stereocenters. The number of rotatable bonds is 9. The number of benzene rings is 1. The number of methoxy groups -OCH3 is 4. The molecule has 0 spiro atoms. The highest BCUT2D eigenvalue weighted by Crippen LogP contribution is 2.34. The van der Waals surface area contributed by atoms with Crippen molar-refractivity contribution in [1.82, 2.24) is 19.9 Å². The third-order valence-electron chi connectivity index (χ3n) is 3.34. The lowest BCUT2D eigenvalue weighted by molar-refractivity contribution is 0.0691. The van der Waals surface area contributed by atoms with Crippen molar-refractivity contribution in [2.24, 2.45) is 0 Å². The highest BCUT2D eigenvalue weighted by molar-refractivity contribution is 5.94. The standard InChI is InChI=1S/C19H18N4O8/c1-26-12-8-13(27-2)21-18(20-12)30-10-6-5-7-11(16(10)17(24)25)31-19-22-14(28-3)9-15(23-19)29-4/h5-9H,1-4H3,(H,24,25)/i1D3,2D3,3D3,4D3. The average molecular weight is 442 g/mol. The molecule has 2 aromatic heterocycles. The molecule has 0 aliphatic carbocycles. The molecule has 3 rings (SSSR count). The normalized spacial score (nSPS) is 17.5. The number of carbonyl (C=O) groups is 1. The fraction of sp³-hybridized carbons (Fsp3) is 0.211. The highest BCUT2D eigenvalue weighted by Gasteiger charge is 2.22. The summed E-state index contributed by atoms with van der Waals surface area (Å²) in [5.74, 6) is -5.64. The van der Waals surface area contributed by atoms with Crippen LogP contribution >= 0.6 is 0 Å². The minimum Gasteiger partial charge on any atom is -0.481 e. The summed E-state index contributed by atoms with van der Waals surface area (Å²) in [4.78, 5) is 26.9. The maximum atomic E-state index is 12.2. The Balaban J connectivity index is 2.05. The summed E-state index contributed by atoms with van der Waals surface area (Å²) in [5, 5.41) is 9.89. The Bertz CT molecular complexity index is 1310. The first-order valence-electron chi connectivity index (χ1n) is 13.8. The van der Waals surface area contributed by atoms with E-state index in [0.717, 1.165) is 24.3 Å². The lowest BCUT2D eigenvalue weighted by Gasteiger charge is -2.13. The molecule has 0 bridgehead atoms. The van der Waals surface area contributed by atoms with Crippen LogP contribution in [0.3, 0.4) is 0 Å². The van der Waals surface area contributed by atoms with Gasteiger partial charge >= 0.3 is 18.0 Å². The van der Waals surface area contributed by atoms with Gasteiger partial charge in [-0.05, 0) is 12.1 Å². The van der Waals surface area contributed by atoms with E-state index in [1.54, 1.807) is 0 Å². The van der Waals surface area contributed by atoms with E-state index in [9.17, 15) is 9.90 Å². The quantitative estimate of drug-likeness (QED) is 0.520. The minimum absolute atomic E-state index is 0.551. The summed E-state index contributed by atoms with van der Waals surface area (Å²) < 4.78 is 116. The van der Waals surface area contributed by atoms with Gasteiger partial charge < -0.3 is 33.5 Å². The Morgan fingerprint density at radius 3 is 1.48 bits per heavy atom. The SMILES string of the molecule is [2H]C([2H])([2H])Oc1cc(OC([2H])([2H])[2H])nc(Oc2cccc(Oc3nc(OC([2H])([2H])[2H])cc(OC([2H])([2H])[2H])n3)c2C(=O)O)n1. The van der Waals surface area contributed by atoms with E-state index in [4.69, 9.17) is 25.9 Å². The Kier molecular flexibility index (Phi) is 3.23. The highest BCUT2D eigenvalue weighted by atomic mass is 16.5. The van der Waals surface area contributed by atoms with Crippen LogP contribution in [0.5, 0.6) is 47.0 Å². The molecule has 12 nitrogen and oxygen atoms in total. The predicted octanol–water partition coefficient (Wildman–Crippen LogP) is 2.58. The van der Waals surface area contributed by atoms with E-state index < -0.39 is 86.7 Å². The first kappa shape index (κ1) is 10.6. The maximum absolute atomic E-state index is 12.2. The van der Waals surface area contributed by atoms with Gasteiger partial charge in [0.15, 0.2) is 0 Å². The van der Waals surface area contributed by atoms with Gasteiger partial charge in [0.05, 0.1) is 56.7 Å². The fourth-order valence-electron chi connectivity index (χ4n) is 2.16. The Hall–Kier alpha value is -4.35. The summed E-state index contributed by atoms with van der Waals surface area (Å²) in [6, 6.07) is 3.24. The van der Waals surface area contributed by atoms with Gasteiger partial charge in [0.2, 0.25) is 23.5 Å². The van der Waals surface area contributed by atoms with Crippen molar-refractivity contribution in [1.29, 1.82) is 0 Å². The number of carboxylic acids is 1. The van der Waals surface area contributed by atoms with Crippen LogP contribution in [0, 0.1) is 0 Å². The first-order chi connectivity index (χ1) is 19.6. The van der Waals surface area contributed by atoms with Crippen molar-refractivity contribution in [3.63, 3.8) is 0 Å². The number of aromatic nitrogens is 4. The van der Waals surface area contributed by atoms with Gasteiger partial charge in [0.25, 0.3) is 0 Å². The topological polar surface area (TPSA) is 144 Å². The molecule has 0 saturated carbocycles. The molecule has 31 heavy (non-hydrogen) atoms. The number of aromatic carboxylic acids is 1. The summed E-state index contributed by atoms with van der Waals surface area (Å²) in [6.07, 6.45) is 0. The van der Waals surface area contributed by atoms with Crippen LogP contribution in [0.1, 0.15) is 26.8 Å². The Morgan fingerprint density at radius 1 is 0.774 bits per heavy atom.